The first-order valence-corrected chi connectivity index (χ1v) is 14.6. The minimum absolute atomic E-state index is 0.0131. The van der Waals surface area contributed by atoms with Gasteiger partial charge in [0.2, 0.25) is 5.91 Å². The van der Waals surface area contributed by atoms with Crippen LogP contribution < -0.4 is 20.7 Å². The fourth-order valence-electron chi connectivity index (χ4n) is 3.73. The van der Waals surface area contributed by atoms with Crippen LogP contribution in [0.25, 0.3) is 6.08 Å². The van der Waals surface area contributed by atoms with Gasteiger partial charge in [-0.05, 0) is 85.3 Å². The fourth-order valence-corrected chi connectivity index (χ4v) is 4.94. The molecule has 0 bridgehead atoms. The van der Waals surface area contributed by atoms with Crippen LogP contribution in [0.3, 0.4) is 0 Å². The minimum atomic E-state index is -0.555. The summed E-state index contributed by atoms with van der Waals surface area (Å²) in [6, 6.07) is 27.6. The molecule has 0 saturated carbocycles. The lowest BCUT2D eigenvalue weighted by Crippen LogP contribution is -2.30. The molecule has 0 unspecified atom stereocenters. The molecule has 0 aliphatic heterocycles. The average molecular weight is 621 g/mol. The summed E-state index contributed by atoms with van der Waals surface area (Å²) in [5.74, 6) is -0.284. The molecule has 7 nitrogen and oxygen atoms in total. The highest BCUT2D eigenvalue weighted by molar-refractivity contribution is 8.00. The number of carbonyl (C=O) groups is 3. The van der Waals surface area contributed by atoms with Crippen LogP contribution in [0.15, 0.2) is 108 Å². The topological polar surface area (TPSA) is 96.5 Å². The van der Waals surface area contributed by atoms with Gasteiger partial charge in [0.05, 0.1) is 12.4 Å². The van der Waals surface area contributed by atoms with Gasteiger partial charge in [0.1, 0.15) is 11.4 Å². The van der Waals surface area contributed by atoms with E-state index < -0.39 is 11.8 Å². The molecule has 0 aromatic heterocycles. The normalized spacial score (nSPS) is 11.0. The van der Waals surface area contributed by atoms with Gasteiger partial charge in [-0.2, -0.15) is 0 Å². The number of nitrogens with one attached hydrogen (secondary N) is 3. The molecule has 3 N–H and O–H groups in total. The summed E-state index contributed by atoms with van der Waals surface area (Å²) < 4.78 is 5.42. The zero-order valence-electron chi connectivity index (χ0n) is 22.5. The average Bonchev–Trinajstić information content (AvgIpc) is 2.98. The number of hydrogen-bond donors (Lipinski definition) is 3. The van der Waals surface area contributed by atoms with Crippen LogP contribution in [-0.4, -0.2) is 30.1 Å². The van der Waals surface area contributed by atoms with E-state index in [1.54, 1.807) is 91.0 Å². The number of halogens is 2. The quantitative estimate of drug-likeness (QED) is 0.119. The summed E-state index contributed by atoms with van der Waals surface area (Å²) >= 11 is 13.7. The van der Waals surface area contributed by atoms with Gasteiger partial charge in [-0.3, -0.25) is 14.4 Å². The minimum Gasteiger partial charge on any atom is -0.494 e. The Labute approximate surface area is 258 Å². The van der Waals surface area contributed by atoms with Crippen LogP contribution in [0.2, 0.25) is 10.0 Å². The number of ether oxygens (including phenoxy) is 1. The van der Waals surface area contributed by atoms with E-state index in [1.165, 1.54) is 17.8 Å². The van der Waals surface area contributed by atoms with Gasteiger partial charge in [0.25, 0.3) is 11.8 Å². The van der Waals surface area contributed by atoms with Crippen molar-refractivity contribution in [2.24, 2.45) is 0 Å². The maximum absolute atomic E-state index is 13.4. The van der Waals surface area contributed by atoms with Crippen LogP contribution in [0.1, 0.15) is 22.8 Å². The lowest BCUT2D eigenvalue weighted by Gasteiger charge is -2.13. The SMILES string of the molecule is CCOc1ccc(NC(=O)CSc2cccc(NC(=O)/C(=C\c3ccc(Cl)cc3Cl)NC(=O)c3ccccc3)c2)cc1. The third kappa shape index (κ3) is 9.14. The van der Waals surface area contributed by atoms with E-state index in [1.807, 2.05) is 13.0 Å². The first kappa shape index (κ1) is 30.7. The predicted molar refractivity (Wildman–Crippen MR) is 170 cm³/mol. The highest BCUT2D eigenvalue weighted by Crippen LogP contribution is 2.25. The first-order chi connectivity index (χ1) is 20.3. The highest BCUT2D eigenvalue weighted by atomic mass is 35.5. The van der Waals surface area contributed by atoms with E-state index >= 15 is 0 Å². The molecule has 4 aromatic carbocycles. The summed E-state index contributed by atoms with van der Waals surface area (Å²) in [7, 11) is 0. The van der Waals surface area contributed by atoms with Crippen molar-refractivity contribution in [2.45, 2.75) is 11.8 Å². The molecule has 4 aromatic rings. The van der Waals surface area contributed by atoms with Crippen LogP contribution >= 0.6 is 35.0 Å². The van der Waals surface area contributed by atoms with Gasteiger partial charge in [0, 0.05) is 31.9 Å². The van der Waals surface area contributed by atoms with Crippen molar-refractivity contribution in [3.05, 3.63) is 124 Å². The van der Waals surface area contributed by atoms with Gasteiger partial charge >= 0.3 is 0 Å². The summed E-state index contributed by atoms with van der Waals surface area (Å²) in [6.07, 6.45) is 1.48. The Balaban J connectivity index is 1.44. The monoisotopic (exact) mass is 619 g/mol. The third-order valence-electron chi connectivity index (χ3n) is 5.70. The lowest BCUT2D eigenvalue weighted by atomic mass is 10.1. The zero-order chi connectivity index (χ0) is 29.9. The molecule has 4 rings (SSSR count). The number of benzene rings is 4. The smallest absolute Gasteiger partial charge is 0.272 e. The molecule has 0 spiro atoms. The van der Waals surface area contributed by atoms with E-state index in [0.29, 0.717) is 39.2 Å². The maximum Gasteiger partial charge on any atom is 0.272 e. The predicted octanol–water partition coefficient (Wildman–Crippen LogP) is 7.53. The van der Waals surface area contributed by atoms with Crippen molar-refractivity contribution in [3.8, 4) is 5.75 Å². The van der Waals surface area contributed by atoms with Crippen LogP contribution in [0.4, 0.5) is 11.4 Å². The third-order valence-corrected chi connectivity index (χ3v) is 7.26. The Morgan fingerprint density at radius 2 is 1.60 bits per heavy atom. The van der Waals surface area contributed by atoms with Crippen molar-refractivity contribution in [1.29, 1.82) is 0 Å². The van der Waals surface area contributed by atoms with Crippen molar-refractivity contribution in [1.82, 2.24) is 5.32 Å². The Hall–Kier alpha value is -4.24. The molecule has 0 aliphatic rings. The van der Waals surface area contributed by atoms with Crippen molar-refractivity contribution in [2.75, 3.05) is 23.0 Å². The molecular weight excluding hydrogens is 593 g/mol. The van der Waals surface area contributed by atoms with Crippen LogP contribution in [-0.2, 0) is 9.59 Å². The Kier molecular flexibility index (Phi) is 11.1. The number of amides is 3. The van der Waals surface area contributed by atoms with E-state index in [2.05, 4.69) is 16.0 Å². The Morgan fingerprint density at radius 3 is 2.31 bits per heavy atom. The summed E-state index contributed by atoms with van der Waals surface area (Å²) in [6.45, 7) is 2.47. The summed E-state index contributed by atoms with van der Waals surface area (Å²) in [4.78, 5) is 39.5. The molecule has 10 heteroatoms. The number of rotatable bonds is 11. The van der Waals surface area contributed by atoms with Crippen LogP contribution in [0.5, 0.6) is 5.75 Å². The van der Waals surface area contributed by atoms with Crippen molar-refractivity contribution in [3.63, 3.8) is 0 Å². The molecule has 0 fully saturated rings. The van der Waals surface area contributed by atoms with Gasteiger partial charge in [-0.25, -0.2) is 0 Å². The number of thioether (sulfide) groups is 1. The molecule has 214 valence electrons. The largest absolute Gasteiger partial charge is 0.494 e. The van der Waals surface area contributed by atoms with Gasteiger partial charge in [-0.1, -0.05) is 53.5 Å². The molecule has 3 amide bonds. The second-order valence-corrected chi connectivity index (χ2v) is 10.7. The molecule has 0 saturated heterocycles. The van der Waals surface area contributed by atoms with E-state index in [0.717, 1.165) is 10.6 Å². The zero-order valence-corrected chi connectivity index (χ0v) is 24.9. The van der Waals surface area contributed by atoms with Gasteiger partial charge in [0.15, 0.2) is 0 Å². The van der Waals surface area contributed by atoms with Gasteiger partial charge < -0.3 is 20.7 Å². The lowest BCUT2D eigenvalue weighted by molar-refractivity contribution is -0.114. The second-order valence-electron chi connectivity index (χ2n) is 8.82. The highest BCUT2D eigenvalue weighted by Gasteiger charge is 2.16. The van der Waals surface area contributed by atoms with Crippen molar-refractivity contribution < 1.29 is 19.1 Å². The first-order valence-electron chi connectivity index (χ1n) is 12.9. The molecule has 42 heavy (non-hydrogen) atoms. The number of hydrogen-bond acceptors (Lipinski definition) is 5. The summed E-state index contributed by atoms with van der Waals surface area (Å²) in [5.41, 5.74) is 2.03. The van der Waals surface area contributed by atoms with Crippen molar-refractivity contribution >= 4 is 70.1 Å². The Morgan fingerprint density at radius 1 is 0.833 bits per heavy atom. The number of anilines is 2. The maximum atomic E-state index is 13.4. The number of carbonyl (C=O) groups excluding carboxylic acids is 3. The molecule has 0 aliphatic carbocycles. The van der Waals surface area contributed by atoms with Gasteiger partial charge in [-0.15, -0.1) is 11.8 Å². The van der Waals surface area contributed by atoms with E-state index in [4.69, 9.17) is 27.9 Å². The fraction of sp³-hybridized carbons (Fsp3) is 0.0938. The summed E-state index contributed by atoms with van der Waals surface area (Å²) in [5, 5.41) is 9.12. The standard InChI is InChI=1S/C32H27Cl2N3O4S/c1-2-41-26-15-13-24(14-16-26)35-30(38)20-42-27-10-6-9-25(19-27)36-32(40)29(17-22-11-12-23(33)18-28(22)34)37-31(39)21-7-4-3-5-8-21/h3-19H,2,20H2,1H3,(H,35,38)(H,36,40)(H,37,39)/b29-17+. The molecular formula is C32H27Cl2N3O4S. The molecule has 0 radical (unpaired) electrons. The Bertz CT molecular complexity index is 1600. The molecule has 0 atom stereocenters. The van der Waals surface area contributed by atoms with E-state index in [9.17, 15) is 14.4 Å². The second kappa shape index (κ2) is 15.1. The molecule has 0 heterocycles. The van der Waals surface area contributed by atoms with E-state index in [-0.39, 0.29) is 17.4 Å². The van der Waals surface area contributed by atoms with Crippen LogP contribution in [0, 0.1) is 0 Å².